The van der Waals surface area contributed by atoms with Gasteiger partial charge in [-0.25, -0.2) is 0 Å². The third kappa shape index (κ3) is 3.84. The summed E-state index contributed by atoms with van der Waals surface area (Å²) < 4.78 is 12.1. The van der Waals surface area contributed by atoms with E-state index in [4.69, 9.17) is 20.8 Å². The Bertz CT molecular complexity index is 976. The molecule has 0 aliphatic heterocycles. The molecule has 2 aromatic heterocycles. The molecular weight excluding hydrogens is 376 g/mol. The predicted molar refractivity (Wildman–Crippen MR) is 100 cm³/mol. The minimum Gasteiger partial charge on any atom is -0.496 e. The van der Waals surface area contributed by atoms with Gasteiger partial charge in [-0.15, -0.1) is 0 Å². The first-order chi connectivity index (χ1) is 12.5. The van der Waals surface area contributed by atoms with E-state index in [2.05, 4.69) is 5.32 Å². The number of nitrogens with zero attached hydrogens (tertiary/aromatic N) is 1. The van der Waals surface area contributed by atoms with E-state index in [0.717, 1.165) is 16.9 Å². The van der Waals surface area contributed by atoms with Crippen molar-refractivity contribution < 1.29 is 13.9 Å². The monoisotopic (exact) mass is 392 g/mol. The van der Waals surface area contributed by atoms with E-state index >= 15 is 0 Å². The van der Waals surface area contributed by atoms with E-state index < -0.39 is 0 Å². The average Bonchev–Trinajstić information content (AvgIpc) is 3.23. The van der Waals surface area contributed by atoms with Crippen molar-refractivity contribution in [3.05, 3.63) is 73.2 Å². The topological polar surface area (TPSA) is 73.5 Å². The van der Waals surface area contributed by atoms with Gasteiger partial charge in [-0.05, 0) is 37.3 Å². The molecule has 0 aliphatic carbocycles. The first kappa shape index (κ1) is 18.3. The third-order valence-corrected chi connectivity index (χ3v) is 5.24. The van der Waals surface area contributed by atoms with Crippen LogP contribution in [0.25, 0.3) is 0 Å². The maximum Gasteiger partial charge on any atom is 0.308 e. The fourth-order valence-corrected chi connectivity index (χ4v) is 3.68. The van der Waals surface area contributed by atoms with Gasteiger partial charge in [0.05, 0.1) is 26.5 Å². The molecule has 0 fully saturated rings. The van der Waals surface area contributed by atoms with Crippen LogP contribution in [0.5, 0.6) is 5.75 Å². The number of hydrogen-bond donors (Lipinski definition) is 1. The molecule has 1 aromatic carbocycles. The summed E-state index contributed by atoms with van der Waals surface area (Å²) in [5, 5.41) is 3.31. The number of benzene rings is 1. The van der Waals surface area contributed by atoms with Gasteiger partial charge in [-0.1, -0.05) is 22.9 Å². The second-order valence-corrected chi connectivity index (χ2v) is 6.98. The highest BCUT2D eigenvalue weighted by Crippen LogP contribution is 2.24. The van der Waals surface area contributed by atoms with Crippen molar-refractivity contribution in [3.63, 3.8) is 0 Å². The molecule has 6 nitrogen and oxygen atoms in total. The minimum absolute atomic E-state index is 0.215. The van der Waals surface area contributed by atoms with Crippen LogP contribution >= 0.6 is 22.9 Å². The number of methoxy groups -OCH3 is 1. The number of thiazole rings is 1. The van der Waals surface area contributed by atoms with Crippen LogP contribution in [0, 0.1) is 6.92 Å². The second-order valence-electron chi connectivity index (χ2n) is 5.59. The van der Waals surface area contributed by atoms with Crippen LogP contribution < -0.4 is 14.9 Å². The Balaban J connectivity index is 1.83. The lowest BCUT2D eigenvalue weighted by Crippen LogP contribution is -2.23. The Labute approximate surface area is 159 Å². The first-order valence-corrected chi connectivity index (χ1v) is 9.02. The lowest BCUT2D eigenvalue weighted by molar-refractivity contribution is 0.0951. The largest absolute Gasteiger partial charge is 0.496 e. The number of amides is 1. The normalized spacial score (nSPS) is 10.7. The number of carbonyl (C=O) groups excluding carboxylic acids is 1. The molecule has 2 heterocycles. The predicted octanol–water partition coefficient (Wildman–Crippen LogP) is 3.45. The molecule has 0 bridgehead atoms. The van der Waals surface area contributed by atoms with Crippen LogP contribution in [0.15, 0.2) is 45.8 Å². The van der Waals surface area contributed by atoms with Crippen molar-refractivity contribution in [1.82, 2.24) is 9.88 Å². The maximum absolute atomic E-state index is 12.4. The summed E-state index contributed by atoms with van der Waals surface area (Å²) in [5.74, 6) is 0.972. The summed E-state index contributed by atoms with van der Waals surface area (Å²) in [4.78, 5) is 25.0. The zero-order chi connectivity index (χ0) is 18.7. The molecule has 8 heteroatoms. The summed E-state index contributed by atoms with van der Waals surface area (Å²) in [5.41, 5.74) is 1.37. The number of hydrogen-bond acceptors (Lipinski definition) is 5. The van der Waals surface area contributed by atoms with Crippen LogP contribution in [0.1, 0.15) is 26.7 Å². The molecular formula is C18H17ClN2O4S. The van der Waals surface area contributed by atoms with Crippen molar-refractivity contribution in [1.29, 1.82) is 0 Å². The van der Waals surface area contributed by atoms with Crippen LogP contribution in [-0.2, 0) is 13.1 Å². The zero-order valence-electron chi connectivity index (χ0n) is 14.2. The van der Waals surface area contributed by atoms with E-state index in [1.807, 2.05) is 0 Å². The van der Waals surface area contributed by atoms with Crippen LogP contribution in [0.2, 0.25) is 5.02 Å². The molecule has 26 heavy (non-hydrogen) atoms. The maximum atomic E-state index is 12.4. The van der Waals surface area contributed by atoms with Crippen molar-refractivity contribution >= 4 is 28.8 Å². The van der Waals surface area contributed by atoms with Crippen molar-refractivity contribution in [2.45, 2.75) is 20.0 Å². The van der Waals surface area contributed by atoms with Crippen molar-refractivity contribution in [2.24, 2.45) is 0 Å². The third-order valence-electron chi connectivity index (χ3n) is 3.92. The lowest BCUT2D eigenvalue weighted by atomic mass is 10.2. The van der Waals surface area contributed by atoms with Gasteiger partial charge in [-0.3, -0.25) is 14.2 Å². The molecule has 0 saturated carbocycles. The molecule has 136 valence electrons. The number of carbonyl (C=O) groups is 1. The van der Waals surface area contributed by atoms with Crippen LogP contribution in [0.3, 0.4) is 0 Å². The summed E-state index contributed by atoms with van der Waals surface area (Å²) in [6.07, 6.45) is 1.54. The highest BCUT2D eigenvalue weighted by molar-refractivity contribution is 7.11. The van der Waals surface area contributed by atoms with Gasteiger partial charge in [0.25, 0.3) is 5.91 Å². The number of halogens is 1. The standard InChI is InChI=1S/C18H17ClN2O4S/c1-11-16(17(22)20-9-14-4-3-7-25-14)26-18(23)21(11)10-12-8-13(19)5-6-15(12)24-2/h3-8H,9-10H2,1-2H3,(H,20,22). The molecule has 0 spiro atoms. The quantitative estimate of drug-likeness (QED) is 0.697. The Morgan fingerprint density at radius 2 is 2.19 bits per heavy atom. The lowest BCUT2D eigenvalue weighted by Gasteiger charge is -2.11. The number of nitrogens with one attached hydrogen (secondary N) is 1. The second kappa shape index (κ2) is 7.80. The summed E-state index contributed by atoms with van der Waals surface area (Å²) >= 11 is 6.97. The Hall–Kier alpha value is -2.51. The van der Waals surface area contributed by atoms with Gasteiger partial charge in [0, 0.05) is 16.3 Å². The number of rotatable bonds is 6. The SMILES string of the molecule is COc1ccc(Cl)cc1Cn1c(C)c(C(=O)NCc2ccco2)sc1=O. The molecule has 0 aliphatic rings. The minimum atomic E-state index is -0.308. The number of aromatic nitrogens is 1. The Morgan fingerprint density at radius 1 is 1.38 bits per heavy atom. The summed E-state index contributed by atoms with van der Waals surface area (Å²) in [7, 11) is 1.56. The first-order valence-electron chi connectivity index (χ1n) is 7.83. The fraction of sp³-hybridized carbons (Fsp3) is 0.222. The van der Waals surface area contributed by atoms with E-state index in [0.29, 0.717) is 27.1 Å². The van der Waals surface area contributed by atoms with E-state index in [1.165, 1.54) is 0 Å². The summed E-state index contributed by atoms with van der Waals surface area (Å²) in [6, 6.07) is 8.74. The number of ether oxygens (including phenoxy) is 1. The van der Waals surface area contributed by atoms with Gasteiger partial charge in [0.1, 0.15) is 16.4 Å². The molecule has 0 unspecified atom stereocenters. The molecule has 0 radical (unpaired) electrons. The van der Waals surface area contributed by atoms with Gasteiger partial charge in [-0.2, -0.15) is 0 Å². The number of furan rings is 1. The van der Waals surface area contributed by atoms with Gasteiger partial charge in [0.15, 0.2) is 0 Å². The average molecular weight is 393 g/mol. The zero-order valence-corrected chi connectivity index (χ0v) is 15.8. The fourth-order valence-electron chi connectivity index (χ4n) is 2.57. The van der Waals surface area contributed by atoms with Gasteiger partial charge in [0.2, 0.25) is 0 Å². The van der Waals surface area contributed by atoms with Gasteiger partial charge < -0.3 is 14.5 Å². The highest BCUT2D eigenvalue weighted by Gasteiger charge is 2.19. The van der Waals surface area contributed by atoms with E-state index in [1.54, 1.807) is 55.2 Å². The molecule has 3 rings (SSSR count). The summed E-state index contributed by atoms with van der Waals surface area (Å²) in [6.45, 7) is 2.28. The van der Waals surface area contributed by atoms with Crippen molar-refractivity contribution in [2.75, 3.05) is 7.11 Å². The molecule has 3 aromatic rings. The smallest absolute Gasteiger partial charge is 0.308 e. The van der Waals surface area contributed by atoms with Crippen LogP contribution in [0.4, 0.5) is 0 Å². The van der Waals surface area contributed by atoms with Gasteiger partial charge >= 0.3 is 4.87 Å². The molecule has 1 amide bonds. The van der Waals surface area contributed by atoms with E-state index in [9.17, 15) is 9.59 Å². The van der Waals surface area contributed by atoms with Crippen molar-refractivity contribution in [3.8, 4) is 5.75 Å². The van der Waals surface area contributed by atoms with E-state index in [-0.39, 0.29) is 23.9 Å². The molecule has 0 atom stereocenters. The highest BCUT2D eigenvalue weighted by atomic mass is 35.5. The Morgan fingerprint density at radius 3 is 2.88 bits per heavy atom. The molecule has 1 N–H and O–H groups in total. The van der Waals surface area contributed by atoms with Crippen LogP contribution in [-0.4, -0.2) is 17.6 Å². The molecule has 0 saturated heterocycles. The Kier molecular flexibility index (Phi) is 5.49.